The van der Waals surface area contributed by atoms with Gasteiger partial charge in [0.15, 0.2) is 8.29 Å². The van der Waals surface area contributed by atoms with Gasteiger partial charge in [-0.25, -0.2) is 0 Å². The second-order valence-corrected chi connectivity index (χ2v) is 7.06. The van der Waals surface area contributed by atoms with Crippen molar-refractivity contribution in [2.24, 2.45) is 5.92 Å². The zero-order valence-corrected chi connectivity index (χ0v) is 11.2. The number of thioether (sulfide) groups is 1. The standard InChI is InChI=1S/C10H14N2OS3/c1-2-6-3-4-8(7(13)5-6)15-10-12-11-9(14)16-10/h2,6-8,13H,1,3-5H2,(H,11,14). The average molecular weight is 274 g/mol. The summed E-state index contributed by atoms with van der Waals surface area (Å²) in [6, 6.07) is 0. The Morgan fingerprint density at radius 2 is 2.44 bits per heavy atom. The van der Waals surface area contributed by atoms with Gasteiger partial charge in [0, 0.05) is 5.25 Å². The summed E-state index contributed by atoms with van der Waals surface area (Å²) in [5.74, 6) is 0.462. The van der Waals surface area contributed by atoms with E-state index in [2.05, 4.69) is 16.8 Å². The van der Waals surface area contributed by atoms with E-state index in [0.29, 0.717) is 9.87 Å². The highest BCUT2D eigenvalue weighted by atomic mass is 32.2. The second-order valence-electron chi connectivity index (χ2n) is 3.91. The van der Waals surface area contributed by atoms with Gasteiger partial charge >= 0.3 is 0 Å². The summed E-state index contributed by atoms with van der Waals surface area (Å²) in [6.07, 6.45) is 4.61. The number of nitrogens with zero attached hydrogens (tertiary/aromatic N) is 1. The summed E-state index contributed by atoms with van der Waals surface area (Å²) < 4.78 is 1.61. The molecule has 1 fully saturated rings. The Morgan fingerprint density at radius 3 is 3.00 bits per heavy atom. The van der Waals surface area contributed by atoms with Crippen LogP contribution in [-0.2, 0) is 0 Å². The van der Waals surface area contributed by atoms with E-state index in [9.17, 15) is 5.11 Å². The van der Waals surface area contributed by atoms with Crippen molar-refractivity contribution < 1.29 is 5.11 Å². The summed E-state index contributed by atoms with van der Waals surface area (Å²) in [4.78, 5) is 0. The molecule has 0 spiro atoms. The van der Waals surface area contributed by atoms with Crippen molar-refractivity contribution in [3.63, 3.8) is 0 Å². The van der Waals surface area contributed by atoms with Crippen LogP contribution >= 0.6 is 35.3 Å². The van der Waals surface area contributed by atoms with Crippen LogP contribution in [0, 0.1) is 9.87 Å². The number of aromatic amines is 1. The molecule has 2 N–H and O–H groups in total. The van der Waals surface area contributed by atoms with E-state index in [1.54, 1.807) is 11.8 Å². The van der Waals surface area contributed by atoms with Crippen molar-refractivity contribution in [2.75, 3.05) is 0 Å². The number of hydrogen-bond acceptors (Lipinski definition) is 5. The summed E-state index contributed by atoms with van der Waals surface area (Å²) in [7, 11) is 0. The maximum absolute atomic E-state index is 10.0. The molecule has 1 aromatic heterocycles. The van der Waals surface area contributed by atoms with Gasteiger partial charge in [0.25, 0.3) is 0 Å². The molecule has 1 aliphatic rings. The Balaban J connectivity index is 1.96. The molecule has 0 aromatic carbocycles. The molecule has 88 valence electrons. The molecule has 3 nitrogen and oxygen atoms in total. The Bertz CT molecular complexity index is 414. The molecule has 16 heavy (non-hydrogen) atoms. The first-order valence-corrected chi connectivity index (χ1v) is 7.32. The molecular weight excluding hydrogens is 260 g/mol. The monoisotopic (exact) mass is 274 g/mol. The van der Waals surface area contributed by atoms with E-state index in [1.165, 1.54) is 11.3 Å². The quantitative estimate of drug-likeness (QED) is 0.657. The number of allylic oxidation sites excluding steroid dienone is 1. The Labute approximate surface area is 108 Å². The van der Waals surface area contributed by atoms with Gasteiger partial charge in [-0.1, -0.05) is 29.2 Å². The van der Waals surface area contributed by atoms with Crippen LogP contribution in [0.4, 0.5) is 0 Å². The molecule has 1 aliphatic carbocycles. The lowest BCUT2D eigenvalue weighted by molar-refractivity contribution is 0.120. The molecule has 3 unspecified atom stereocenters. The minimum absolute atomic E-state index is 0.241. The SMILES string of the molecule is C=CC1CCC(Sc2n[nH]c(=S)s2)C(O)C1. The molecule has 1 aromatic rings. The Kier molecular flexibility index (Phi) is 4.18. The third kappa shape index (κ3) is 2.94. The first-order valence-electron chi connectivity index (χ1n) is 5.22. The number of rotatable bonds is 3. The van der Waals surface area contributed by atoms with Gasteiger partial charge in [-0.15, -0.1) is 6.58 Å². The molecule has 3 atom stereocenters. The van der Waals surface area contributed by atoms with Crippen LogP contribution in [-0.4, -0.2) is 26.7 Å². The van der Waals surface area contributed by atoms with E-state index in [0.717, 1.165) is 23.6 Å². The third-order valence-corrected chi connectivity index (χ3v) is 5.37. The largest absolute Gasteiger partial charge is 0.392 e. The van der Waals surface area contributed by atoms with E-state index >= 15 is 0 Å². The van der Waals surface area contributed by atoms with Crippen molar-refractivity contribution >= 4 is 35.3 Å². The highest BCUT2D eigenvalue weighted by Crippen LogP contribution is 2.37. The van der Waals surface area contributed by atoms with E-state index in [-0.39, 0.29) is 11.4 Å². The van der Waals surface area contributed by atoms with Crippen LogP contribution in [0.5, 0.6) is 0 Å². The second kappa shape index (κ2) is 5.44. The van der Waals surface area contributed by atoms with Gasteiger partial charge in [-0.3, -0.25) is 5.10 Å². The topological polar surface area (TPSA) is 48.9 Å². The smallest absolute Gasteiger partial charge is 0.177 e. The number of aliphatic hydroxyl groups is 1. The zero-order chi connectivity index (χ0) is 11.5. The normalized spacial score (nSPS) is 30.2. The van der Waals surface area contributed by atoms with Gasteiger partial charge in [-0.2, -0.15) is 5.10 Å². The molecule has 0 aliphatic heterocycles. The van der Waals surface area contributed by atoms with Crippen LogP contribution in [0.25, 0.3) is 0 Å². The van der Waals surface area contributed by atoms with Gasteiger partial charge in [0.2, 0.25) is 0 Å². The van der Waals surface area contributed by atoms with Crippen LogP contribution in [0.2, 0.25) is 0 Å². The lowest BCUT2D eigenvalue weighted by Gasteiger charge is -2.30. The minimum Gasteiger partial charge on any atom is -0.392 e. The minimum atomic E-state index is -0.265. The highest BCUT2D eigenvalue weighted by Gasteiger charge is 2.29. The predicted octanol–water partition coefficient (Wildman–Crippen LogP) is 3.01. The molecular formula is C10H14N2OS3. The molecule has 0 radical (unpaired) electrons. The van der Waals surface area contributed by atoms with Crippen LogP contribution in [0.15, 0.2) is 17.0 Å². The predicted molar refractivity (Wildman–Crippen MR) is 70.5 cm³/mol. The average Bonchev–Trinajstić information content (AvgIpc) is 2.67. The fourth-order valence-electron chi connectivity index (χ4n) is 1.90. The van der Waals surface area contributed by atoms with E-state index in [4.69, 9.17) is 12.2 Å². The Hall–Kier alpha value is -0.170. The lowest BCUT2D eigenvalue weighted by atomic mass is 9.87. The van der Waals surface area contributed by atoms with Crippen molar-refractivity contribution in [2.45, 2.75) is 35.0 Å². The molecule has 0 amide bonds. The van der Waals surface area contributed by atoms with Crippen LogP contribution < -0.4 is 0 Å². The number of H-pyrrole nitrogens is 1. The molecule has 0 bridgehead atoms. The van der Waals surface area contributed by atoms with Gasteiger partial charge in [0.05, 0.1) is 6.10 Å². The molecule has 0 saturated heterocycles. The highest BCUT2D eigenvalue weighted by molar-refractivity contribution is 8.01. The fraction of sp³-hybridized carbons (Fsp3) is 0.600. The third-order valence-electron chi connectivity index (χ3n) is 2.80. The lowest BCUT2D eigenvalue weighted by Crippen LogP contribution is -2.30. The first-order chi connectivity index (χ1) is 7.69. The maximum Gasteiger partial charge on any atom is 0.177 e. The first kappa shape index (κ1) is 12.3. The van der Waals surface area contributed by atoms with Gasteiger partial charge in [0.1, 0.15) is 0 Å². The maximum atomic E-state index is 10.0. The number of nitrogens with one attached hydrogen (secondary N) is 1. The number of aliphatic hydroxyl groups excluding tert-OH is 1. The Morgan fingerprint density at radius 1 is 1.62 bits per heavy atom. The molecule has 2 rings (SSSR count). The molecule has 6 heteroatoms. The van der Waals surface area contributed by atoms with Crippen molar-refractivity contribution in [3.8, 4) is 0 Å². The summed E-state index contributed by atoms with van der Waals surface area (Å²) >= 11 is 8.08. The summed E-state index contributed by atoms with van der Waals surface area (Å²) in [5, 5.41) is 17.1. The van der Waals surface area contributed by atoms with Crippen molar-refractivity contribution in [3.05, 3.63) is 16.6 Å². The van der Waals surface area contributed by atoms with E-state index in [1.807, 2.05) is 6.08 Å². The van der Waals surface area contributed by atoms with E-state index < -0.39 is 0 Å². The van der Waals surface area contributed by atoms with Crippen molar-refractivity contribution in [1.82, 2.24) is 10.2 Å². The van der Waals surface area contributed by atoms with Crippen molar-refractivity contribution in [1.29, 1.82) is 0 Å². The van der Waals surface area contributed by atoms with Gasteiger partial charge in [-0.05, 0) is 37.4 Å². The van der Waals surface area contributed by atoms with Gasteiger partial charge < -0.3 is 5.11 Å². The number of hydrogen-bond donors (Lipinski definition) is 2. The van der Waals surface area contributed by atoms with Crippen LogP contribution in [0.1, 0.15) is 19.3 Å². The summed E-state index contributed by atoms with van der Waals surface area (Å²) in [5.41, 5.74) is 0. The number of aromatic nitrogens is 2. The van der Waals surface area contributed by atoms with Crippen LogP contribution in [0.3, 0.4) is 0 Å². The molecule has 1 heterocycles. The summed E-state index contributed by atoms with van der Waals surface area (Å²) in [6.45, 7) is 3.78. The molecule has 1 saturated carbocycles. The zero-order valence-electron chi connectivity index (χ0n) is 8.76. The fourth-order valence-corrected chi connectivity index (χ4v) is 4.37.